The smallest absolute Gasteiger partial charge is 0.222 e. The molecule has 24 heavy (non-hydrogen) atoms. The minimum Gasteiger partial charge on any atom is -0.396 e. The van der Waals surface area contributed by atoms with E-state index in [0.717, 1.165) is 52.4 Å². The highest BCUT2D eigenvalue weighted by Gasteiger charge is 2.35. The van der Waals surface area contributed by atoms with Gasteiger partial charge in [-0.3, -0.25) is 9.69 Å². The van der Waals surface area contributed by atoms with Gasteiger partial charge in [0.15, 0.2) is 0 Å². The van der Waals surface area contributed by atoms with Crippen molar-refractivity contribution in [2.24, 2.45) is 11.8 Å². The van der Waals surface area contributed by atoms with E-state index in [1.807, 2.05) is 15.7 Å². The lowest BCUT2D eigenvalue weighted by Gasteiger charge is -2.30. The van der Waals surface area contributed by atoms with Crippen LogP contribution in [-0.4, -0.2) is 82.9 Å². The number of aliphatic hydroxyl groups is 1. The molecule has 2 saturated heterocycles. The second-order valence-electron chi connectivity index (χ2n) is 6.82. The van der Waals surface area contributed by atoms with Crippen molar-refractivity contribution in [2.75, 3.05) is 52.5 Å². The Kier molecular flexibility index (Phi) is 6.23. The van der Waals surface area contributed by atoms with Crippen LogP contribution < -0.4 is 0 Å². The molecule has 0 spiro atoms. The molecule has 0 unspecified atom stereocenters. The number of nitrogens with zero attached hydrogens (tertiary/aromatic N) is 4. The number of aromatic nitrogens is 2. The van der Waals surface area contributed by atoms with Crippen LogP contribution in [0.15, 0.2) is 18.7 Å². The lowest BCUT2D eigenvalue weighted by atomic mass is 9.96. The quantitative estimate of drug-likeness (QED) is 0.763. The number of morpholine rings is 1. The van der Waals surface area contributed by atoms with Gasteiger partial charge < -0.3 is 19.3 Å². The maximum absolute atomic E-state index is 12.5. The maximum Gasteiger partial charge on any atom is 0.222 e. The molecule has 1 aromatic heterocycles. The van der Waals surface area contributed by atoms with E-state index in [1.165, 1.54) is 0 Å². The molecule has 2 fully saturated rings. The van der Waals surface area contributed by atoms with E-state index in [4.69, 9.17) is 4.74 Å². The van der Waals surface area contributed by atoms with Gasteiger partial charge in [-0.15, -0.1) is 0 Å². The average Bonchev–Trinajstić information content (AvgIpc) is 3.25. The number of ether oxygens (including phenoxy) is 1. The molecule has 2 aliphatic heterocycles. The van der Waals surface area contributed by atoms with Crippen LogP contribution in [0.5, 0.6) is 0 Å². The average molecular weight is 336 g/mol. The Morgan fingerprint density at radius 3 is 2.75 bits per heavy atom. The summed E-state index contributed by atoms with van der Waals surface area (Å²) in [5.41, 5.74) is 0. The van der Waals surface area contributed by atoms with Crippen LogP contribution in [0.25, 0.3) is 0 Å². The van der Waals surface area contributed by atoms with Crippen molar-refractivity contribution in [3.05, 3.63) is 18.7 Å². The zero-order valence-corrected chi connectivity index (χ0v) is 14.2. The zero-order chi connectivity index (χ0) is 16.8. The second kappa shape index (κ2) is 8.60. The van der Waals surface area contributed by atoms with E-state index in [0.29, 0.717) is 18.9 Å². The summed E-state index contributed by atoms with van der Waals surface area (Å²) in [5, 5.41) is 9.68. The van der Waals surface area contributed by atoms with E-state index < -0.39 is 0 Å². The summed E-state index contributed by atoms with van der Waals surface area (Å²) in [7, 11) is 0. The van der Waals surface area contributed by atoms with Crippen LogP contribution in [0.2, 0.25) is 0 Å². The topological polar surface area (TPSA) is 70.8 Å². The molecule has 7 heteroatoms. The summed E-state index contributed by atoms with van der Waals surface area (Å²) in [6.07, 6.45) is 6.83. The fourth-order valence-electron chi connectivity index (χ4n) is 3.66. The van der Waals surface area contributed by atoms with E-state index in [-0.39, 0.29) is 18.4 Å². The number of aryl methyl sites for hydroxylation is 1. The number of rotatable bonds is 7. The number of carbonyl (C=O) groups excluding carboxylic acids is 1. The van der Waals surface area contributed by atoms with Crippen LogP contribution in [0.1, 0.15) is 12.8 Å². The molecular formula is C17H28N4O3. The number of amides is 1. The molecular weight excluding hydrogens is 308 g/mol. The minimum atomic E-state index is 0.161. The van der Waals surface area contributed by atoms with Gasteiger partial charge in [-0.2, -0.15) is 0 Å². The molecule has 0 radical (unpaired) electrons. The van der Waals surface area contributed by atoms with Crippen LogP contribution in [0.3, 0.4) is 0 Å². The molecule has 0 aromatic carbocycles. The van der Waals surface area contributed by atoms with Gasteiger partial charge in [0.05, 0.1) is 19.5 Å². The van der Waals surface area contributed by atoms with Crippen molar-refractivity contribution in [1.29, 1.82) is 0 Å². The molecule has 7 nitrogen and oxygen atoms in total. The Morgan fingerprint density at radius 1 is 1.25 bits per heavy atom. The summed E-state index contributed by atoms with van der Waals surface area (Å²) in [5.74, 6) is 0.772. The van der Waals surface area contributed by atoms with Gasteiger partial charge in [-0.05, 0) is 12.3 Å². The molecule has 0 saturated carbocycles. The third kappa shape index (κ3) is 4.55. The van der Waals surface area contributed by atoms with Crippen molar-refractivity contribution in [2.45, 2.75) is 19.4 Å². The molecule has 134 valence electrons. The largest absolute Gasteiger partial charge is 0.396 e. The molecule has 0 bridgehead atoms. The van der Waals surface area contributed by atoms with Gasteiger partial charge in [0, 0.05) is 70.6 Å². The van der Waals surface area contributed by atoms with E-state index >= 15 is 0 Å². The van der Waals surface area contributed by atoms with Gasteiger partial charge in [-0.25, -0.2) is 4.98 Å². The summed E-state index contributed by atoms with van der Waals surface area (Å²) in [6.45, 7) is 6.87. The highest BCUT2D eigenvalue weighted by Crippen LogP contribution is 2.25. The first-order chi connectivity index (χ1) is 11.8. The van der Waals surface area contributed by atoms with Crippen molar-refractivity contribution in [3.63, 3.8) is 0 Å². The van der Waals surface area contributed by atoms with Crippen LogP contribution in [-0.2, 0) is 16.1 Å². The molecule has 2 aliphatic rings. The van der Waals surface area contributed by atoms with E-state index in [9.17, 15) is 9.90 Å². The summed E-state index contributed by atoms with van der Waals surface area (Å²) in [6, 6.07) is 0. The zero-order valence-electron chi connectivity index (χ0n) is 14.2. The molecule has 3 rings (SSSR count). The first-order valence-electron chi connectivity index (χ1n) is 8.90. The number of likely N-dealkylation sites (tertiary alicyclic amines) is 1. The Labute approximate surface area is 143 Å². The van der Waals surface area contributed by atoms with Crippen LogP contribution in [0, 0.1) is 11.8 Å². The Balaban J connectivity index is 1.44. The van der Waals surface area contributed by atoms with Crippen molar-refractivity contribution in [1.82, 2.24) is 19.4 Å². The van der Waals surface area contributed by atoms with Gasteiger partial charge >= 0.3 is 0 Å². The molecule has 3 heterocycles. The molecule has 0 aliphatic carbocycles. The number of hydrogen-bond donors (Lipinski definition) is 1. The minimum absolute atomic E-state index is 0.161. The number of aliphatic hydroxyl groups excluding tert-OH is 1. The van der Waals surface area contributed by atoms with Gasteiger partial charge in [0.25, 0.3) is 0 Å². The fourth-order valence-corrected chi connectivity index (χ4v) is 3.66. The fraction of sp³-hybridized carbons (Fsp3) is 0.765. The third-order valence-electron chi connectivity index (χ3n) is 5.13. The lowest BCUT2D eigenvalue weighted by molar-refractivity contribution is -0.130. The predicted octanol–water partition coefficient (Wildman–Crippen LogP) is 0.0624. The first-order valence-corrected chi connectivity index (χ1v) is 8.90. The molecule has 2 atom stereocenters. The standard InChI is InChI=1S/C17H28N4O3/c22-13-16-12-21(11-15(16)10-19-6-8-24-9-7-19)17(23)2-1-4-20-5-3-18-14-20/h3,5,14-16,22H,1-2,4,6-13H2/t15-,16-/m0/s1. The lowest BCUT2D eigenvalue weighted by Crippen LogP contribution is -2.41. The van der Waals surface area contributed by atoms with Gasteiger partial charge in [0.2, 0.25) is 5.91 Å². The Hall–Kier alpha value is -1.44. The first kappa shape index (κ1) is 17.4. The monoisotopic (exact) mass is 336 g/mol. The summed E-state index contributed by atoms with van der Waals surface area (Å²) < 4.78 is 7.38. The summed E-state index contributed by atoms with van der Waals surface area (Å²) in [4.78, 5) is 20.8. The van der Waals surface area contributed by atoms with Gasteiger partial charge in [-0.1, -0.05) is 0 Å². The van der Waals surface area contributed by atoms with Crippen molar-refractivity contribution < 1.29 is 14.6 Å². The second-order valence-corrected chi connectivity index (χ2v) is 6.82. The number of imidazole rings is 1. The Bertz CT molecular complexity index is 502. The number of carbonyl (C=O) groups is 1. The highest BCUT2D eigenvalue weighted by molar-refractivity contribution is 5.76. The van der Waals surface area contributed by atoms with Crippen molar-refractivity contribution >= 4 is 5.91 Å². The maximum atomic E-state index is 12.5. The van der Waals surface area contributed by atoms with Crippen molar-refractivity contribution in [3.8, 4) is 0 Å². The van der Waals surface area contributed by atoms with E-state index in [1.54, 1.807) is 12.5 Å². The predicted molar refractivity (Wildman–Crippen MR) is 89.4 cm³/mol. The summed E-state index contributed by atoms with van der Waals surface area (Å²) >= 11 is 0. The molecule has 1 amide bonds. The molecule has 1 N–H and O–H groups in total. The van der Waals surface area contributed by atoms with Gasteiger partial charge in [0.1, 0.15) is 0 Å². The van der Waals surface area contributed by atoms with Crippen LogP contribution >= 0.6 is 0 Å². The normalized spacial score (nSPS) is 25.3. The highest BCUT2D eigenvalue weighted by atomic mass is 16.5. The molecule has 1 aromatic rings. The van der Waals surface area contributed by atoms with E-state index in [2.05, 4.69) is 9.88 Å². The number of hydrogen-bond acceptors (Lipinski definition) is 5. The van der Waals surface area contributed by atoms with Crippen LogP contribution in [0.4, 0.5) is 0 Å². The Morgan fingerprint density at radius 2 is 2.04 bits per heavy atom. The third-order valence-corrected chi connectivity index (χ3v) is 5.13. The SMILES string of the molecule is O=C(CCCn1ccnc1)N1C[C@@H](CO)[C@@H](CN2CCOCC2)C1.